The Labute approximate surface area is 106 Å². The molecule has 4 heteroatoms. The monoisotopic (exact) mass is 241 g/mol. The number of hydrogen-bond donors (Lipinski definition) is 1. The van der Waals surface area contributed by atoms with Crippen LogP contribution in [0.2, 0.25) is 0 Å². The third-order valence-electron chi connectivity index (χ3n) is 2.80. The molecule has 0 fully saturated rings. The molecule has 2 rings (SSSR count). The number of methoxy groups -OCH3 is 1. The van der Waals surface area contributed by atoms with Gasteiger partial charge >= 0.3 is 0 Å². The molecule has 0 aliphatic carbocycles. The molecule has 0 aliphatic rings. The fourth-order valence-corrected chi connectivity index (χ4v) is 1.85. The first kappa shape index (κ1) is 12.2. The Hall–Kier alpha value is -2.25. The van der Waals surface area contributed by atoms with Crippen molar-refractivity contribution in [2.45, 2.75) is 13.1 Å². The summed E-state index contributed by atoms with van der Waals surface area (Å²) in [6, 6.07) is 9.71. The minimum atomic E-state index is 0.545. The number of nitrogens with zero attached hydrogens (tertiary/aromatic N) is 2. The van der Waals surface area contributed by atoms with Crippen molar-refractivity contribution in [2.24, 2.45) is 5.73 Å². The molecule has 18 heavy (non-hydrogen) atoms. The van der Waals surface area contributed by atoms with Crippen LogP contribution in [0.5, 0.6) is 5.75 Å². The fraction of sp³-hybridized carbons (Fsp3) is 0.214. The van der Waals surface area contributed by atoms with Gasteiger partial charge in [-0.15, -0.1) is 0 Å². The molecule has 0 saturated carbocycles. The predicted molar refractivity (Wildman–Crippen MR) is 69.1 cm³/mol. The molecular formula is C14H15N3O. The maximum absolute atomic E-state index is 8.92. The maximum atomic E-state index is 8.92. The van der Waals surface area contributed by atoms with E-state index in [-0.39, 0.29) is 0 Å². The summed E-state index contributed by atoms with van der Waals surface area (Å²) in [5, 5.41) is 8.92. The summed E-state index contributed by atoms with van der Waals surface area (Å²) in [4.78, 5) is 0. The van der Waals surface area contributed by atoms with Crippen molar-refractivity contribution in [3.8, 4) is 11.8 Å². The zero-order valence-corrected chi connectivity index (χ0v) is 10.3. The number of rotatable bonds is 4. The first-order chi connectivity index (χ1) is 8.76. The van der Waals surface area contributed by atoms with E-state index < -0.39 is 0 Å². The van der Waals surface area contributed by atoms with E-state index in [0.29, 0.717) is 17.9 Å². The lowest BCUT2D eigenvalue weighted by atomic mass is 10.1. The summed E-state index contributed by atoms with van der Waals surface area (Å²) < 4.78 is 7.25. The average molecular weight is 241 g/mol. The number of nitriles is 1. The predicted octanol–water partition coefficient (Wildman–Crippen LogP) is 1.88. The molecule has 92 valence electrons. The lowest BCUT2D eigenvalue weighted by Gasteiger charge is -2.07. The van der Waals surface area contributed by atoms with E-state index in [9.17, 15) is 0 Å². The Bertz CT molecular complexity index is 581. The van der Waals surface area contributed by atoms with E-state index >= 15 is 0 Å². The third-order valence-corrected chi connectivity index (χ3v) is 2.80. The van der Waals surface area contributed by atoms with Crippen molar-refractivity contribution in [1.82, 2.24) is 4.57 Å². The van der Waals surface area contributed by atoms with Crippen molar-refractivity contribution in [1.29, 1.82) is 5.26 Å². The van der Waals surface area contributed by atoms with Gasteiger partial charge in [0.15, 0.2) is 0 Å². The lowest BCUT2D eigenvalue weighted by Crippen LogP contribution is -1.99. The van der Waals surface area contributed by atoms with Gasteiger partial charge in [-0.05, 0) is 29.3 Å². The van der Waals surface area contributed by atoms with Crippen molar-refractivity contribution < 1.29 is 4.74 Å². The van der Waals surface area contributed by atoms with E-state index in [2.05, 4.69) is 10.6 Å². The quantitative estimate of drug-likeness (QED) is 0.888. The lowest BCUT2D eigenvalue weighted by molar-refractivity contribution is 0.413. The van der Waals surface area contributed by atoms with Crippen LogP contribution < -0.4 is 10.5 Å². The molecule has 0 amide bonds. The Morgan fingerprint density at radius 1 is 1.33 bits per heavy atom. The van der Waals surface area contributed by atoms with E-state index in [4.69, 9.17) is 15.7 Å². The fourth-order valence-electron chi connectivity index (χ4n) is 1.85. The van der Waals surface area contributed by atoms with Gasteiger partial charge in [0.1, 0.15) is 11.8 Å². The summed E-state index contributed by atoms with van der Waals surface area (Å²) in [5.74, 6) is 0.612. The highest BCUT2D eigenvalue weighted by Crippen LogP contribution is 2.20. The Balaban J connectivity index is 2.22. The second-order valence-corrected chi connectivity index (χ2v) is 4.04. The molecule has 0 radical (unpaired) electrons. The highest BCUT2D eigenvalue weighted by Gasteiger charge is 2.04. The molecule has 2 aromatic rings. The van der Waals surface area contributed by atoms with Crippen LogP contribution >= 0.6 is 0 Å². The zero-order chi connectivity index (χ0) is 13.0. The molecule has 0 unspecified atom stereocenters. The number of hydrogen-bond acceptors (Lipinski definition) is 3. The molecule has 2 N–H and O–H groups in total. The van der Waals surface area contributed by atoms with Crippen LogP contribution in [-0.2, 0) is 13.1 Å². The minimum Gasteiger partial charge on any atom is -0.495 e. The van der Waals surface area contributed by atoms with E-state index in [1.165, 1.54) is 0 Å². The van der Waals surface area contributed by atoms with Gasteiger partial charge in [-0.1, -0.05) is 6.07 Å². The zero-order valence-electron chi connectivity index (χ0n) is 10.3. The molecular weight excluding hydrogens is 226 g/mol. The van der Waals surface area contributed by atoms with Crippen LogP contribution in [0.4, 0.5) is 0 Å². The summed E-state index contributed by atoms with van der Waals surface area (Å²) in [5.41, 5.74) is 8.32. The molecule has 1 heterocycles. The Morgan fingerprint density at radius 3 is 2.78 bits per heavy atom. The molecule has 1 aromatic carbocycles. The Morgan fingerprint density at radius 2 is 2.17 bits per heavy atom. The largest absolute Gasteiger partial charge is 0.495 e. The SMILES string of the molecule is COc1cc(Cn2ccc(CN)c2)ccc1C#N. The maximum Gasteiger partial charge on any atom is 0.136 e. The van der Waals surface area contributed by atoms with Crippen LogP contribution in [0.3, 0.4) is 0 Å². The van der Waals surface area contributed by atoms with Crippen molar-refractivity contribution >= 4 is 0 Å². The summed E-state index contributed by atoms with van der Waals surface area (Å²) >= 11 is 0. The molecule has 1 aromatic heterocycles. The van der Waals surface area contributed by atoms with Gasteiger partial charge in [-0.2, -0.15) is 5.26 Å². The molecule has 0 atom stereocenters. The van der Waals surface area contributed by atoms with Gasteiger partial charge in [-0.3, -0.25) is 0 Å². The van der Waals surface area contributed by atoms with Crippen LogP contribution in [0.15, 0.2) is 36.7 Å². The molecule has 0 saturated heterocycles. The van der Waals surface area contributed by atoms with E-state index in [0.717, 1.165) is 17.7 Å². The molecule has 0 bridgehead atoms. The third kappa shape index (κ3) is 2.53. The van der Waals surface area contributed by atoms with Gasteiger partial charge in [0.05, 0.1) is 12.7 Å². The molecule has 0 spiro atoms. The molecule has 0 aliphatic heterocycles. The smallest absolute Gasteiger partial charge is 0.136 e. The second-order valence-electron chi connectivity index (χ2n) is 4.04. The van der Waals surface area contributed by atoms with Crippen molar-refractivity contribution in [3.05, 3.63) is 53.3 Å². The number of aromatic nitrogens is 1. The van der Waals surface area contributed by atoms with Crippen LogP contribution in [0, 0.1) is 11.3 Å². The first-order valence-corrected chi connectivity index (χ1v) is 5.68. The minimum absolute atomic E-state index is 0.545. The van der Waals surface area contributed by atoms with Crippen molar-refractivity contribution in [2.75, 3.05) is 7.11 Å². The van der Waals surface area contributed by atoms with Gasteiger partial charge in [0.25, 0.3) is 0 Å². The van der Waals surface area contributed by atoms with E-state index in [1.54, 1.807) is 13.2 Å². The molecule has 4 nitrogen and oxygen atoms in total. The van der Waals surface area contributed by atoms with Gasteiger partial charge in [0.2, 0.25) is 0 Å². The van der Waals surface area contributed by atoms with Crippen LogP contribution in [-0.4, -0.2) is 11.7 Å². The summed E-state index contributed by atoms with van der Waals surface area (Å²) in [6.07, 6.45) is 4.01. The summed E-state index contributed by atoms with van der Waals surface area (Å²) in [7, 11) is 1.57. The topological polar surface area (TPSA) is 64.0 Å². The van der Waals surface area contributed by atoms with Crippen LogP contribution in [0.1, 0.15) is 16.7 Å². The highest BCUT2D eigenvalue weighted by molar-refractivity contribution is 5.45. The van der Waals surface area contributed by atoms with Crippen LogP contribution in [0.25, 0.3) is 0 Å². The van der Waals surface area contributed by atoms with Gasteiger partial charge in [-0.25, -0.2) is 0 Å². The van der Waals surface area contributed by atoms with Crippen molar-refractivity contribution in [3.63, 3.8) is 0 Å². The first-order valence-electron chi connectivity index (χ1n) is 5.68. The summed E-state index contributed by atoms with van der Waals surface area (Å²) in [6.45, 7) is 1.28. The average Bonchev–Trinajstić information content (AvgIpc) is 2.86. The highest BCUT2D eigenvalue weighted by atomic mass is 16.5. The number of nitrogens with two attached hydrogens (primary N) is 1. The van der Waals surface area contributed by atoms with E-state index in [1.807, 2.05) is 30.6 Å². The normalized spacial score (nSPS) is 10.1. The number of ether oxygens (including phenoxy) is 1. The Kier molecular flexibility index (Phi) is 3.66. The second kappa shape index (κ2) is 5.39. The number of benzene rings is 1. The van der Waals surface area contributed by atoms with Gasteiger partial charge in [0, 0.05) is 25.5 Å². The standard InChI is InChI=1S/C14H15N3O/c1-18-14-6-11(2-3-13(14)8-16)9-17-5-4-12(7-15)10-17/h2-6,10H,7,9,15H2,1H3. The van der Waals surface area contributed by atoms with Gasteiger partial charge < -0.3 is 15.0 Å².